The third-order valence-corrected chi connectivity index (χ3v) is 3.62. The Hall–Kier alpha value is -1.06. The molecule has 0 aliphatic heterocycles. The van der Waals surface area contributed by atoms with E-state index in [4.69, 9.17) is 10.5 Å². The molecule has 1 aromatic carbocycles. The maximum absolute atomic E-state index is 5.97. The third kappa shape index (κ3) is 4.22. The summed E-state index contributed by atoms with van der Waals surface area (Å²) < 4.78 is 5.73. The van der Waals surface area contributed by atoms with Crippen LogP contribution in [-0.4, -0.2) is 25.1 Å². The minimum absolute atomic E-state index is 0.0724. The van der Waals surface area contributed by atoms with E-state index in [9.17, 15) is 0 Å². The molecule has 1 atom stereocenters. The highest BCUT2D eigenvalue weighted by Crippen LogP contribution is 2.30. The molecular formula is C16H26N2O. The van der Waals surface area contributed by atoms with Gasteiger partial charge in [0.25, 0.3) is 0 Å². The second kappa shape index (κ2) is 6.40. The van der Waals surface area contributed by atoms with E-state index in [1.54, 1.807) is 0 Å². The molecule has 3 heteroatoms. The zero-order valence-corrected chi connectivity index (χ0v) is 12.4. The van der Waals surface area contributed by atoms with Crippen LogP contribution in [-0.2, 0) is 6.54 Å². The predicted molar refractivity (Wildman–Crippen MR) is 79.3 cm³/mol. The number of ether oxygens (including phenoxy) is 1. The van der Waals surface area contributed by atoms with E-state index >= 15 is 0 Å². The van der Waals surface area contributed by atoms with Crippen LogP contribution in [0.25, 0.3) is 0 Å². The van der Waals surface area contributed by atoms with Gasteiger partial charge in [-0.25, -0.2) is 0 Å². The van der Waals surface area contributed by atoms with E-state index in [1.165, 1.54) is 30.5 Å². The number of nitrogens with two attached hydrogens (primary N) is 1. The fourth-order valence-electron chi connectivity index (χ4n) is 2.40. The largest absolute Gasteiger partial charge is 0.494 e. The van der Waals surface area contributed by atoms with E-state index in [2.05, 4.69) is 30.1 Å². The van der Waals surface area contributed by atoms with Crippen LogP contribution in [0.5, 0.6) is 5.75 Å². The van der Waals surface area contributed by atoms with Gasteiger partial charge in [0.15, 0.2) is 0 Å². The average molecular weight is 262 g/mol. The lowest BCUT2D eigenvalue weighted by Crippen LogP contribution is -2.21. The van der Waals surface area contributed by atoms with Crippen LogP contribution >= 0.6 is 0 Å². The summed E-state index contributed by atoms with van der Waals surface area (Å²) in [4.78, 5) is 2.39. The van der Waals surface area contributed by atoms with Crippen molar-refractivity contribution in [2.75, 3.05) is 20.2 Å². The Labute approximate surface area is 116 Å². The van der Waals surface area contributed by atoms with Crippen molar-refractivity contribution in [3.8, 4) is 5.75 Å². The second-order valence-electron chi connectivity index (χ2n) is 5.73. The van der Waals surface area contributed by atoms with Gasteiger partial charge in [0, 0.05) is 24.7 Å². The van der Waals surface area contributed by atoms with E-state index in [-0.39, 0.29) is 6.04 Å². The van der Waals surface area contributed by atoms with Gasteiger partial charge in [-0.3, -0.25) is 0 Å². The molecule has 1 saturated carbocycles. The molecule has 106 valence electrons. The lowest BCUT2D eigenvalue weighted by Gasteiger charge is -2.20. The smallest absolute Gasteiger partial charge is 0.123 e. The summed E-state index contributed by atoms with van der Waals surface area (Å²) in [7, 11) is 2.19. The van der Waals surface area contributed by atoms with Crippen LogP contribution in [0.3, 0.4) is 0 Å². The summed E-state index contributed by atoms with van der Waals surface area (Å²) in [5.41, 5.74) is 8.40. The van der Waals surface area contributed by atoms with E-state index in [0.29, 0.717) is 6.61 Å². The zero-order chi connectivity index (χ0) is 13.8. The Balaban J connectivity index is 2.10. The first-order valence-electron chi connectivity index (χ1n) is 7.30. The Bertz CT molecular complexity index is 413. The van der Waals surface area contributed by atoms with Crippen LogP contribution in [0.4, 0.5) is 0 Å². The topological polar surface area (TPSA) is 38.5 Å². The molecular weight excluding hydrogens is 236 g/mol. The molecule has 1 fully saturated rings. The first-order chi connectivity index (χ1) is 9.10. The molecule has 1 aromatic rings. The van der Waals surface area contributed by atoms with Crippen molar-refractivity contribution in [2.45, 2.75) is 39.3 Å². The SMILES string of the molecule is CCOc1ccc(C(C)N)cc1CN(C)CC1CC1. The summed E-state index contributed by atoms with van der Waals surface area (Å²) >= 11 is 0. The summed E-state index contributed by atoms with van der Waals surface area (Å²) in [6.07, 6.45) is 2.78. The molecule has 1 aliphatic rings. The maximum Gasteiger partial charge on any atom is 0.123 e. The highest BCUT2D eigenvalue weighted by Gasteiger charge is 2.23. The van der Waals surface area contributed by atoms with Gasteiger partial charge in [-0.05, 0) is 57.4 Å². The number of nitrogens with zero attached hydrogens (tertiary/aromatic N) is 1. The summed E-state index contributed by atoms with van der Waals surface area (Å²) in [5.74, 6) is 1.91. The highest BCUT2D eigenvalue weighted by molar-refractivity contribution is 5.38. The quantitative estimate of drug-likeness (QED) is 0.821. The number of rotatable bonds is 7. The second-order valence-corrected chi connectivity index (χ2v) is 5.73. The van der Waals surface area contributed by atoms with Gasteiger partial charge < -0.3 is 15.4 Å². The van der Waals surface area contributed by atoms with Gasteiger partial charge in [0.1, 0.15) is 5.75 Å². The van der Waals surface area contributed by atoms with Crippen LogP contribution in [0, 0.1) is 5.92 Å². The summed E-state index contributed by atoms with van der Waals surface area (Å²) in [5, 5.41) is 0. The lowest BCUT2D eigenvalue weighted by molar-refractivity contribution is 0.294. The number of hydrogen-bond acceptors (Lipinski definition) is 3. The monoisotopic (exact) mass is 262 g/mol. The zero-order valence-electron chi connectivity index (χ0n) is 12.4. The highest BCUT2D eigenvalue weighted by atomic mass is 16.5. The van der Waals surface area contributed by atoms with Crippen LogP contribution in [0.2, 0.25) is 0 Å². The maximum atomic E-state index is 5.97. The summed E-state index contributed by atoms with van der Waals surface area (Å²) in [6, 6.07) is 6.39. The van der Waals surface area contributed by atoms with E-state index < -0.39 is 0 Å². The van der Waals surface area contributed by atoms with Crippen molar-refractivity contribution >= 4 is 0 Å². The van der Waals surface area contributed by atoms with Crippen molar-refractivity contribution in [3.63, 3.8) is 0 Å². The third-order valence-electron chi connectivity index (χ3n) is 3.62. The minimum atomic E-state index is 0.0724. The van der Waals surface area contributed by atoms with Crippen molar-refractivity contribution in [1.29, 1.82) is 0 Å². The normalized spacial score (nSPS) is 16.7. The standard InChI is InChI=1S/C16H26N2O/c1-4-19-16-8-7-14(12(2)17)9-15(16)11-18(3)10-13-5-6-13/h7-9,12-13H,4-6,10-11,17H2,1-3H3. The average Bonchev–Trinajstić information content (AvgIpc) is 3.15. The molecule has 2 rings (SSSR count). The fraction of sp³-hybridized carbons (Fsp3) is 0.625. The Morgan fingerprint density at radius 2 is 2.16 bits per heavy atom. The Kier molecular flexibility index (Phi) is 4.83. The molecule has 0 radical (unpaired) electrons. The first-order valence-corrected chi connectivity index (χ1v) is 7.30. The van der Waals surface area contributed by atoms with Crippen LogP contribution < -0.4 is 10.5 Å². The molecule has 3 nitrogen and oxygen atoms in total. The molecule has 0 aromatic heterocycles. The fourth-order valence-corrected chi connectivity index (χ4v) is 2.40. The molecule has 19 heavy (non-hydrogen) atoms. The van der Waals surface area contributed by atoms with Gasteiger partial charge in [-0.2, -0.15) is 0 Å². The van der Waals surface area contributed by atoms with Gasteiger partial charge in [-0.1, -0.05) is 6.07 Å². The molecule has 0 heterocycles. The molecule has 1 unspecified atom stereocenters. The molecule has 0 spiro atoms. The Morgan fingerprint density at radius 1 is 1.42 bits per heavy atom. The Morgan fingerprint density at radius 3 is 2.74 bits per heavy atom. The predicted octanol–water partition coefficient (Wildman–Crippen LogP) is 2.95. The van der Waals surface area contributed by atoms with Gasteiger partial charge >= 0.3 is 0 Å². The van der Waals surface area contributed by atoms with Gasteiger partial charge in [0.2, 0.25) is 0 Å². The van der Waals surface area contributed by atoms with Crippen molar-refractivity contribution < 1.29 is 4.74 Å². The van der Waals surface area contributed by atoms with Crippen molar-refractivity contribution in [1.82, 2.24) is 4.90 Å². The van der Waals surface area contributed by atoms with E-state index in [0.717, 1.165) is 18.2 Å². The minimum Gasteiger partial charge on any atom is -0.494 e. The first kappa shape index (κ1) is 14.4. The van der Waals surface area contributed by atoms with Crippen molar-refractivity contribution in [2.24, 2.45) is 11.7 Å². The molecule has 2 N–H and O–H groups in total. The van der Waals surface area contributed by atoms with Crippen molar-refractivity contribution in [3.05, 3.63) is 29.3 Å². The van der Waals surface area contributed by atoms with Crippen LogP contribution in [0.1, 0.15) is 43.9 Å². The molecule has 0 amide bonds. The van der Waals surface area contributed by atoms with Gasteiger partial charge in [-0.15, -0.1) is 0 Å². The molecule has 0 bridgehead atoms. The van der Waals surface area contributed by atoms with Gasteiger partial charge in [0.05, 0.1) is 6.61 Å². The molecule has 0 saturated heterocycles. The van der Waals surface area contributed by atoms with Crippen LogP contribution in [0.15, 0.2) is 18.2 Å². The summed E-state index contributed by atoms with van der Waals surface area (Å²) in [6.45, 7) is 6.88. The lowest BCUT2D eigenvalue weighted by atomic mass is 10.0. The molecule has 1 aliphatic carbocycles. The number of hydrogen-bond donors (Lipinski definition) is 1. The van der Waals surface area contributed by atoms with E-state index in [1.807, 2.05) is 13.8 Å². The number of benzene rings is 1.